The minimum atomic E-state index is -0.339. The van der Waals surface area contributed by atoms with Gasteiger partial charge in [0.2, 0.25) is 5.91 Å². The summed E-state index contributed by atoms with van der Waals surface area (Å²) >= 11 is 6.48. The number of nitrogens with one attached hydrogen (secondary N) is 1. The normalized spacial score (nSPS) is 13.2. The maximum Gasteiger partial charge on any atom is 0.259 e. The van der Waals surface area contributed by atoms with E-state index in [2.05, 4.69) is 5.32 Å². The van der Waals surface area contributed by atoms with Gasteiger partial charge in [-0.3, -0.25) is 9.59 Å². The lowest BCUT2D eigenvalue weighted by molar-refractivity contribution is -0.117. The smallest absolute Gasteiger partial charge is 0.259 e. The van der Waals surface area contributed by atoms with Crippen molar-refractivity contribution in [2.45, 2.75) is 12.8 Å². The van der Waals surface area contributed by atoms with Gasteiger partial charge in [-0.25, -0.2) is 4.68 Å². The standard InChI is InChI=1S/C27H23ClN4O3/c1-35-24-11-6-5-10-20(24)26-21(17-32(30-26)19-8-3-2-4-9-19)27(34)29-18-13-14-23(22(28)16-18)31-15-7-12-25(31)33/h2-6,8-11,13-14,16-17H,7,12,15H2,1H3,(H,29,34). The average Bonchev–Trinajstić information content (AvgIpc) is 3.51. The fourth-order valence-corrected chi connectivity index (χ4v) is 4.48. The molecule has 1 saturated heterocycles. The Bertz CT molecular complexity index is 1400. The molecule has 1 fully saturated rings. The Balaban J connectivity index is 1.50. The quantitative estimate of drug-likeness (QED) is 0.386. The van der Waals surface area contributed by atoms with Crippen molar-refractivity contribution in [3.63, 3.8) is 0 Å². The molecule has 0 saturated carbocycles. The number of amides is 2. The van der Waals surface area contributed by atoms with Gasteiger partial charge in [-0.05, 0) is 48.9 Å². The fraction of sp³-hybridized carbons (Fsp3) is 0.148. The van der Waals surface area contributed by atoms with Gasteiger partial charge in [-0.1, -0.05) is 41.9 Å². The first-order chi connectivity index (χ1) is 17.0. The largest absolute Gasteiger partial charge is 0.496 e. The molecule has 0 radical (unpaired) electrons. The van der Waals surface area contributed by atoms with E-state index in [1.165, 1.54) is 0 Å². The molecule has 2 heterocycles. The van der Waals surface area contributed by atoms with E-state index in [0.29, 0.717) is 51.9 Å². The van der Waals surface area contributed by atoms with Gasteiger partial charge in [0.05, 0.1) is 29.1 Å². The minimum absolute atomic E-state index is 0.0541. The number of carbonyl (C=O) groups excluding carboxylic acids is 2. The lowest BCUT2D eigenvalue weighted by Gasteiger charge is -2.18. The highest BCUT2D eigenvalue weighted by molar-refractivity contribution is 6.34. The van der Waals surface area contributed by atoms with Crippen LogP contribution < -0.4 is 15.0 Å². The molecule has 0 bridgehead atoms. The summed E-state index contributed by atoms with van der Waals surface area (Å²) in [7, 11) is 1.58. The van der Waals surface area contributed by atoms with Crippen molar-refractivity contribution < 1.29 is 14.3 Å². The molecule has 1 aromatic heterocycles. The van der Waals surface area contributed by atoms with E-state index >= 15 is 0 Å². The number of halogens is 1. The van der Waals surface area contributed by atoms with Crippen LogP contribution in [0.3, 0.4) is 0 Å². The van der Waals surface area contributed by atoms with Crippen LogP contribution in [0.15, 0.2) is 79.0 Å². The predicted octanol–water partition coefficient (Wildman–Crippen LogP) is 5.58. The van der Waals surface area contributed by atoms with Crippen LogP contribution in [0.4, 0.5) is 11.4 Å². The zero-order valence-corrected chi connectivity index (χ0v) is 19.8. The molecule has 3 aromatic carbocycles. The van der Waals surface area contributed by atoms with Crippen molar-refractivity contribution in [3.05, 3.63) is 89.6 Å². The first-order valence-corrected chi connectivity index (χ1v) is 11.6. The van der Waals surface area contributed by atoms with Crippen molar-refractivity contribution in [2.75, 3.05) is 23.9 Å². The van der Waals surface area contributed by atoms with E-state index in [4.69, 9.17) is 21.4 Å². The Kier molecular flexibility index (Phi) is 6.25. The van der Waals surface area contributed by atoms with Crippen LogP contribution in [-0.4, -0.2) is 35.2 Å². The zero-order valence-electron chi connectivity index (χ0n) is 19.1. The summed E-state index contributed by atoms with van der Waals surface area (Å²) in [6.07, 6.45) is 3.03. The number of ether oxygens (including phenoxy) is 1. The third-order valence-corrected chi connectivity index (χ3v) is 6.21. The SMILES string of the molecule is COc1ccccc1-c1nn(-c2ccccc2)cc1C(=O)Nc1ccc(N2CCCC2=O)c(Cl)c1. The summed E-state index contributed by atoms with van der Waals surface area (Å²) in [5.74, 6) is 0.329. The molecule has 176 valence electrons. The van der Waals surface area contributed by atoms with Gasteiger partial charge in [-0.2, -0.15) is 5.10 Å². The third-order valence-electron chi connectivity index (χ3n) is 5.91. The Labute approximate surface area is 207 Å². The van der Waals surface area contributed by atoms with E-state index in [-0.39, 0.29) is 11.8 Å². The third kappa shape index (κ3) is 4.50. The van der Waals surface area contributed by atoms with Crippen molar-refractivity contribution >= 4 is 34.8 Å². The number of nitrogens with zero attached hydrogens (tertiary/aromatic N) is 3. The number of rotatable bonds is 6. The van der Waals surface area contributed by atoms with Crippen molar-refractivity contribution in [1.82, 2.24) is 9.78 Å². The Morgan fingerprint density at radius 1 is 1.06 bits per heavy atom. The molecule has 8 heteroatoms. The summed E-state index contributed by atoms with van der Waals surface area (Å²) in [6.45, 7) is 0.644. The van der Waals surface area contributed by atoms with Crippen LogP contribution in [-0.2, 0) is 4.79 Å². The molecule has 0 spiro atoms. The van der Waals surface area contributed by atoms with Gasteiger partial charge >= 0.3 is 0 Å². The second-order valence-corrected chi connectivity index (χ2v) is 8.55. The molecule has 7 nitrogen and oxygen atoms in total. The zero-order chi connectivity index (χ0) is 24.4. The Morgan fingerprint density at radius 2 is 1.83 bits per heavy atom. The summed E-state index contributed by atoms with van der Waals surface area (Å²) in [6, 6.07) is 22.2. The number of hydrogen-bond acceptors (Lipinski definition) is 4. The maximum absolute atomic E-state index is 13.4. The first-order valence-electron chi connectivity index (χ1n) is 11.2. The topological polar surface area (TPSA) is 76.5 Å². The van der Waals surface area contributed by atoms with Crippen LogP contribution in [0, 0.1) is 0 Å². The maximum atomic E-state index is 13.4. The second-order valence-electron chi connectivity index (χ2n) is 8.14. The molecule has 1 N–H and O–H groups in total. The molecule has 0 unspecified atom stereocenters. The highest BCUT2D eigenvalue weighted by Crippen LogP contribution is 2.34. The van der Waals surface area contributed by atoms with Crippen LogP contribution >= 0.6 is 11.6 Å². The van der Waals surface area contributed by atoms with Crippen molar-refractivity contribution in [2.24, 2.45) is 0 Å². The summed E-state index contributed by atoms with van der Waals surface area (Å²) in [4.78, 5) is 27.2. The molecule has 2 amide bonds. The van der Waals surface area contributed by atoms with Crippen LogP contribution in [0.25, 0.3) is 16.9 Å². The van der Waals surface area contributed by atoms with Gasteiger partial charge in [0.25, 0.3) is 5.91 Å². The first kappa shape index (κ1) is 22.7. The highest BCUT2D eigenvalue weighted by Gasteiger charge is 2.25. The Hall–Kier alpha value is -4.10. The highest BCUT2D eigenvalue weighted by atomic mass is 35.5. The Morgan fingerprint density at radius 3 is 2.54 bits per heavy atom. The second kappa shape index (κ2) is 9.64. The van der Waals surface area contributed by atoms with Gasteiger partial charge < -0.3 is 15.0 Å². The average molecular weight is 487 g/mol. The fourth-order valence-electron chi connectivity index (χ4n) is 4.20. The van der Waals surface area contributed by atoms with Crippen molar-refractivity contribution in [3.8, 4) is 22.7 Å². The van der Waals surface area contributed by atoms with Crippen LogP contribution in [0.1, 0.15) is 23.2 Å². The number of aromatic nitrogens is 2. The number of anilines is 2. The number of methoxy groups -OCH3 is 1. The van der Waals surface area contributed by atoms with Gasteiger partial charge in [0, 0.05) is 30.4 Å². The van der Waals surface area contributed by atoms with E-state index in [1.807, 2.05) is 54.6 Å². The monoisotopic (exact) mass is 486 g/mol. The number of para-hydroxylation sites is 2. The van der Waals surface area contributed by atoms with E-state index in [1.54, 1.807) is 41.1 Å². The van der Waals surface area contributed by atoms with Gasteiger partial charge in [-0.15, -0.1) is 0 Å². The molecule has 5 rings (SSSR count). The lowest BCUT2D eigenvalue weighted by Crippen LogP contribution is -2.24. The molecular weight excluding hydrogens is 464 g/mol. The van der Waals surface area contributed by atoms with E-state index in [0.717, 1.165) is 12.1 Å². The predicted molar refractivity (Wildman–Crippen MR) is 137 cm³/mol. The molecule has 35 heavy (non-hydrogen) atoms. The van der Waals surface area contributed by atoms with E-state index < -0.39 is 0 Å². The van der Waals surface area contributed by atoms with E-state index in [9.17, 15) is 9.59 Å². The van der Waals surface area contributed by atoms with Crippen molar-refractivity contribution in [1.29, 1.82) is 0 Å². The molecule has 0 aliphatic carbocycles. The lowest BCUT2D eigenvalue weighted by atomic mass is 10.1. The van der Waals surface area contributed by atoms with Gasteiger partial charge in [0.15, 0.2) is 0 Å². The van der Waals surface area contributed by atoms with Crippen LogP contribution in [0.2, 0.25) is 5.02 Å². The number of benzene rings is 3. The molecule has 0 atom stereocenters. The number of hydrogen-bond donors (Lipinski definition) is 1. The molecule has 4 aromatic rings. The van der Waals surface area contributed by atoms with Gasteiger partial charge in [0.1, 0.15) is 11.4 Å². The molecular formula is C27H23ClN4O3. The summed E-state index contributed by atoms with van der Waals surface area (Å²) < 4.78 is 7.20. The number of carbonyl (C=O) groups is 2. The molecule has 1 aliphatic rings. The summed E-state index contributed by atoms with van der Waals surface area (Å²) in [5.41, 5.74) is 3.58. The summed E-state index contributed by atoms with van der Waals surface area (Å²) in [5, 5.41) is 8.04. The molecule has 1 aliphatic heterocycles. The van der Waals surface area contributed by atoms with Crippen LogP contribution in [0.5, 0.6) is 5.75 Å². The minimum Gasteiger partial charge on any atom is -0.496 e.